The molecular formula is C20H20FN3O2S. The average molecular weight is 385 g/mol. The van der Waals surface area contributed by atoms with E-state index in [0.717, 1.165) is 36.0 Å². The molecule has 0 aliphatic carbocycles. The molecule has 0 amide bonds. The van der Waals surface area contributed by atoms with Crippen molar-refractivity contribution in [3.8, 4) is 11.4 Å². The molecule has 1 aromatic heterocycles. The number of rotatable bonds is 7. The van der Waals surface area contributed by atoms with Gasteiger partial charge in [0, 0.05) is 18.0 Å². The molecule has 0 radical (unpaired) electrons. The maximum atomic E-state index is 13.8. The molecule has 1 aliphatic rings. The van der Waals surface area contributed by atoms with Gasteiger partial charge in [-0.15, -0.1) is 10.2 Å². The summed E-state index contributed by atoms with van der Waals surface area (Å²) in [5.74, 6) is 1.27. The summed E-state index contributed by atoms with van der Waals surface area (Å²) >= 11 is 1.62. The molecule has 3 aromatic rings. The van der Waals surface area contributed by atoms with Gasteiger partial charge >= 0.3 is 0 Å². The number of hydrogen-bond donors (Lipinski definition) is 0. The maximum absolute atomic E-state index is 13.8. The fraction of sp³-hybridized carbons (Fsp3) is 0.300. The molecule has 0 saturated carbocycles. The van der Waals surface area contributed by atoms with Gasteiger partial charge in [-0.2, -0.15) is 0 Å². The highest BCUT2D eigenvalue weighted by Gasteiger charge is 2.20. The summed E-state index contributed by atoms with van der Waals surface area (Å²) in [6.07, 6.45) is 2.45. The Kier molecular flexibility index (Phi) is 5.69. The van der Waals surface area contributed by atoms with Crippen LogP contribution in [0.3, 0.4) is 0 Å². The predicted molar refractivity (Wildman–Crippen MR) is 102 cm³/mol. The second kappa shape index (κ2) is 8.54. The van der Waals surface area contributed by atoms with Crippen LogP contribution in [0, 0.1) is 5.82 Å². The van der Waals surface area contributed by atoms with Gasteiger partial charge in [0.15, 0.2) is 22.5 Å². The van der Waals surface area contributed by atoms with Gasteiger partial charge < -0.3 is 9.47 Å². The Bertz CT molecular complexity index is 882. The molecular weight excluding hydrogens is 365 g/mol. The second-order valence-electron chi connectivity index (χ2n) is 6.23. The van der Waals surface area contributed by atoms with Crippen molar-refractivity contribution in [2.45, 2.75) is 30.7 Å². The molecule has 140 valence electrons. The van der Waals surface area contributed by atoms with Crippen LogP contribution >= 0.6 is 11.8 Å². The lowest BCUT2D eigenvalue weighted by Gasteiger charge is -2.12. The summed E-state index contributed by atoms with van der Waals surface area (Å²) in [6.45, 7) is 0.960. The summed E-state index contributed by atoms with van der Waals surface area (Å²) in [7, 11) is 0. The van der Waals surface area contributed by atoms with E-state index in [1.165, 1.54) is 6.07 Å². The monoisotopic (exact) mass is 385 g/mol. The van der Waals surface area contributed by atoms with Crippen LogP contribution in [0.5, 0.6) is 5.75 Å². The van der Waals surface area contributed by atoms with Crippen molar-refractivity contribution in [1.29, 1.82) is 0 Å². The predicted octanol–water partition coefficient (Wildman–Crippen LogP) is 4.26. The Morgan fingerprint density at radius 1 is 1.11 bits per heavy atom. The first kappa shape index (κ1) is 18.0. The highest BCUT2D eigenvalue weighted by atomic mass is 32.2. The minimum absolute atomic E-state index is 0.128. The van der Waals surface area contributed by atoms with E-state index < -0.39 is 5.82 Å². The van der Waals surface area contributed by atoms with E-state index in [0.29, 0.717) is 5.82 Å². The summed E-state index contributed by atoms with van der Waals surface area (Å²) in [5, 5.41) is 9.40. The quantitative estimate of drug-likeness (QED) is 0.569. The van der Waals surface area contributed by atoms with Crippen LogP contribution in [0.25, 0.3) is 5.69 Å². The third-order valence-electron chi connectivity index (χ3n) is 4.33. The van der Waals surface area contributed by atoms with Gasteiger partial charge in [0.1, 0.15) is 6.61 Å². The number of para-hydroxylation sites is 2. The molecule has 0 spiro atoms. The van der Waals surface area contributed by atoms with Crippen molar-refractivity contribution >= 4 is 11.8 Å². The zero-order valence-corrected chi connectivity index (χ0v) is 15.6. The van der Waals surface area contributed by atoms with Crippen molar-refractivity contribution in [3.05, 3.63) is 66.2 Å². The molecule has 1 saturated heterocycles. The molecule has 27 heavy (non-hydrogen) atoms. The Morgan fingerprint density at radius 2 is 1.93 bits per heavy atom. The van der Waals surface area contributed by atoms with Gasteiger partial charge in [0.25, 0.3) is 0 Å². The number of aromatic nitrogens is 3. The minimum Gasteiger partial charge on any atom is -0.483 e. The molecule has 1 atom stereocenters. The molecule has 2 aromatic carbocycles. The number of nitrogens with zero attached hydrogens (tertiary/aromatic N) is 3. The molecule has 0 unspecified atom stereocenters. The zero-order chi connectivity index (χ0) is 18.5. The number of thioether (sulfide) groups is 1. The van der Waals surface area contributed by atoms with Crippen LogP contribution in [-0.2, 0) is 11.3 Å². The molecule has 7 heteroatoms. The van der Waals surface area contributed by atoms with Crippen LogP contribution < -0.4 is 4.74 Å². The summed E-state index contributed by atoms with van der Waals surface area (Å²) in [5.41, 5.74) is 0.949. The fourth-order valence-electron chi connectivity index (χ4n) is 2.97. The van der Waals surface area contributed by atoms with Gasteiger partial charge in [-0.3, -0.25) is 4.57 Å². The molecule has 1 aliphatic heterocycles. The third kappa shape index (κ3) is 4.31. The molecule has 0 bridgehead atoms. The van der Waals surface area contributed by atoms with Gasteiger partial charge in [0.2, 0.25) is 0 Å². The highest BCUT2D eigenvalue weighted by Crippen LogP contribution is 2.26. The fourth-order valence-corrected chi connectivity index (χ4v) is 4.01. The highest BCUT2D eigenvalue weighted by molar-refractivity contribution is 7.99. The third-order valence-corrected chi connectivity index (χ3v) is 5.39. The van der Waals surface area contributed by atoms with Crippen molar-refractivity contribution in [3.63, 3.8) is 0 Å². The lowest BCUT2D eigenvalue weighted by atomic mass is 10.3. The normalized spacial score (nSPS) is 16.6. The number of hydrogen-bond acceptors (Lipinski definition) is 5. The smallest absolute Gasteiger partial charge is 0.196 e. The van der Waals surface area contributed by atoms with E-state index in [2.05, 4.69) is 10.2 Å². The number of halogens is 1. The zero-order valence-electron chi connectivity index (χ0n) is 14.8. The Morgan fingerprint density at radius 3 is 2.70 bits per heavy atom. The van der Waals surface area contributed by atoms with Crippen LogP contribution in [0.15, 0.2) is 59.8 Å². The standard InChI is InChI=1S/C20H20FN3O2S/c21-17-10-4-5-11-18(17)26-13-19-22-23-20(27-14-16-9-6-12-25-16)24(19)15-7-2-1-3-8-15/h1-5,7-8,10-11,16H,6,9,12-14H2/t16-/m1/s1. The van der Waals surface area contributed by atoms with E-state index in [1.807, 2.05) is 34.9 Å². The Balaban J connectivity index is 1.56. The van der Waals surface area contributed by atoms with Gasteiger partial charge in [-0.25, -0.2) is 4.39 Å². The molecule has 1 fully saturated rings. The van der Waals surface area contributed by atoms with Crippen LogP contribution in [0.4, 0.5) is 4.39 Å². The van der Waals surface area contributed by atoms with E-state index in [4.69, 9.17) is 9.47 Å². The molecule has 4 rings (SSSR count). The van der Waals surface area contributed by atoms with Crippen molar-refractivity contribution in [2.75, 3.05) is 12.4 Å². The lowest BCUT2D eigenvalue weighted by molar-refractivity contribution is 0.129. The van der Waals surface area contributed by atoms with E-state index in [9.17, 15) is 4.39 Å². The van der Waals surface area contributed by atoms with Crippen LogP contribution in [0.2, 0.25) is 0 Å². The molecule has 2 heterocycles. The summed E-state index contributed by atoms with van der Waals surface area (Å²) in [6, 6.07) is 16.2. The van der Waals surface area contributed by atoms with Crippen molar-refractivity contribution in [1.82, 2.24) is 14.8 Å². The number of benzene rings is 2. The van der Waals surface area contributed by atoms with E-state index in [1.54, 1.807) is 30.0 Å². The van der Waals surface area contributed by atoms with E-state index >= 15 is 0 Å². The topological polar surface area (TPSA) is 49.2 Å². The van der Waals surface area contributed by atoms with E-state index in [-0.39, 0.29) is 18.5 Å². The van der Waals surface area contributed by atoms with Gasteiger partial charge in [-0.1, -0.05) is 42.1 Å². The first-order chi connectivity index (χ1) is 13.3. The van der Waals surface area contributed by atoms with Crippen LogP contribution in [-0.4, -0.2) is 33.2 Å². The average Bonchev–Trinajstić information content (AvgIpc) is 3.36. The summed E-state index contributed by atoms with van der Waals surface area (Å²) < 4.78 is 27.1. The minimum atomic E-state index is -0.392. The Hall–Kier alpha value is -2.38. The van der Waals surface area contributed by atoms with Crippen molar-refractivity contribution in [2.24, 2.45) is 0 Å². The SMILES string of the molecule is Fc1ccccc1OCc1nnc(SC[C@H]2CCCO2)n1-c1ccccc1. The van der Waals surface area contributed by atoms with Crippen LogP contribution in [0.1, 0.15) is 18.7 Å². The number of ether oxygens (including phenoxy) is 2. The first-order valence-electron chi connectivity index (χ1n) is 8.93. The Labute approximate surface area is 161 Å². The lowest BCUT2D eigenvalue weighted by Crippen LogP contribution is -2.10. The largest absolute Gasteiger partial charge is 0.483 e. The molecule has 0 N–H and O–H groups in total. The maximum Gasteiger partial charge on any atom is 0.196 e. The van der Waals surface area contributed by atoms with Gasteiger partial charge in [-0.05, 0) is 37.1 Å². The van der Waals surface area contributed by atoms with Gasteiger partial charge in [0.05, 0.1) is 6.10 Å². The molecule has 5 nitrogen and oxygen atoms in total. The van der Waals surface area contributed by atoms with Crippen molar-refractivity contribution < 1.29 is 13.9 Å². The summed E-state index contributed by atoms with van der Waals surface area (Å²) in [4.78, 5) is 0. The first-order valence-corrected chi connectivity index (χ1v) is 9.91. The second-order valence-corrected chi connectivity index (χ2v) is 7.22.